The number of ether oxygens (including phenoxy) is 1. The fraction of sp³-hybridized carbons (Fsp3) is 0.562. The lowest BCUT2D eigenvalue weighted by Crippen LogP contribution is -2.10. The summed E-state index contributed by atoms with van der Waals surface area (Å²) in [5, 5.41) is 0. The van der Waals surface area contributed by atoms with Gasteiger partial charge in [-0.3, -0.25) is 4.79 Å². The van der Waals surface area contributed by atoms with Crippen LogP contribution >= 0.6 is 0 Å². The molecule has 100 valence electrons. The topological polar surface area (TPSA) is 26.3 Å². The van der Waals surface area contributed by atoms with E-state index in [4.69, 9.17) is 4.74 Å². The van der Waals surface area contributed by atoms with Crippen LogP contribution < -0.4 is 4.74 Å². The molecule has 18 heavy (non-hydrogen) atoms. The molecule has 0 bridgehead atoms. The lowest BCUT2D eigenvalue weighted by atomic mass is 9.82. The molecule has 1 atom stereocenters. The van der Waals surface area contributed by atoms with Gasteiger partial charge in [-0.25, -0.2) is 0 Å². The van der Waals surface area contributed by atoms with Crippen LogP contribution in [0.3, 0.4) is 0 Å². The Kier molecular flexibility index (Phi) is 4.20. The largest absolute Gasteiger partial charge is 0.497 e. The second-order valence-electron chi connectivity index (χ2n) is 6.04. The van der Waals surface area contributed by atoms with Crippen LogP contribution in [0.4, 0.5) is 0 Å². The van der Waals surface area contributed by atoms with Crippen LogP contribution in [0.2, 0.25) is 0 Å². The summed E-state index contributed by atoms with van der Waals surface area (Å²) in [6.45, 7) is 6.65. The van der Waals surface area contributed by atoms with Gasteiger partial charge in [-0.1, -0.05) is 28.2 Å². The normalized spacial score (nSPS) is 18.2. The average molecular weight is 248 g/mol. The summed E-state index contributed by atoms with van der Waals surface area (Å²) >= 11 is 0. The SMILES string of the molecule is C.COc1ccc2c(c1)C(CC(C)(C)C)CC2=O. The zero-order valence-electron chi connectivity index (χ0n) is 11.0. The predicted molar refractivity (Wildman–Crippen MR) is 75.5 cm³/mol. The van der Waals surface area contributed by atoms with Gasteiger partial charge in [0, 0.05) is 12.0 Å². The van der Waals surface area contributed by atoms with E-state index in [9.17, 15) is 4.79 Å². The number of hydrogen-bond acceptors (Lipinski definition) is 2. The molecule has 0 aromatic heterocycles. The molecular weight excluding hydrogens is 224 g/mol. The number of carbonyl (C=O) groups is 1. The van der Waals surface area contributed by atoms with Gasteiger partial charge < -0.3 is 4.74 Å². The Balaban J connectivity index is 0.00000162. The Morgan fingerprint density at radius 3 is 2.56 bits per heavy atom. The third kappa shape index (κ3) is 2.92. The third-order valence-corrected chi connectivity index (χ3v) is 3.29. The molecule has 0 N–H and O–H groups in total. The number of ketones is 1. The summed E-state index contributed by atoms with van der Waals surface area (Å²) in [5.74, 6) is 1.47. The number of rotatable bonds is 2. The van der Waals surface area contributed by atoms with Crippen LogP contribution in [0.15, 0.2) is 18.2 Å². The van der Waals surface area contributed by atoms with Crippen LogP contribution in [0.25, 0.3) is 0 Å². The second kappa shape index (κ2) is 5.13. The molecule has 2 nitrogen and oxygen atoms in total. The minimum absolute atomic E-state index is 0. The zero-order valence-corrected chi connectivity index (χ0v) is 11.0. The fourth-order valence-electron chi connectivity index (χ4n) is 2.62. The van der Waals surface area contributed by atoms with Crippen LogP contribution in [-0.4, -0.2) is 12.9 Å². The Morgan fingerprint density at radius 1 is 1.33 bits per heavy atom. The van der Waals surface area contributed by atoms with Gasteiger partial charge >= 0.3 is 0 Å². The van der Waals surface area contributed by atoms with Gasteiger partial charge in [-0.15, -0.1) is 0 Å². The number of methoxy groups -OCH3 is 1. The highest BCUT2D eigenvalue weighted by Gasteiger charge is 2.32. The first-order valence-electron chi connectivity index (χ1n) is 6.12. The van der Waals surface area contributed by atoms with Crippen LogP contribution in [0, 0.1) is 5.41 Å². The molecule has 0 radical (unpaired) electrons. The molecule has 0 spiro atoms. The van der Waals surface area contributed by atoms with Gasteiger partial charge in [0.1, 0.15) is 5.75 Å². The van der Waals surface area contributed by atoms with Crippen LogP contribution in [0.1, 0.15) is 62.9 Å². The molecule has 0 saturated carbocycles. The second-order valence-corrected chi connectivity index (χ2v) is 6.04. The van der Waals surface area contributed by atoms with E-state index in [-0.39, 0.29) is 18.6 Å². The number of fused-ring (bicyclic) bond motifs is 1. The van der Waals surface area contributed by atoms with Crippen LogP contribution in [0.5, 0.6) is 5.75 Å². The number of benzene rings is 1. The molecule has 1 aromatic carbocycles. The summed E-state index contributed by atoms with van der Waals surface area (Å²) in [4.78, 5) is 11.9. The van der Waals surface area contributed by atoms with E-state index < -0.39 is 0 Å². The quantitative estimate of drug-likeness (QED) is 0.773. The number of hydrogen-bond donors (Lipinski definition) is 0. The van der Waals surface area contributed by atoms with Crippen molar-refractivity contribution in [2.75, 3.05) is 7.11 Å². The third-order valence-electron chi connectivity index (χ3n) is 3.29. The Morgan fingerprint density at radius 2 is 2.00 bits per heavy atom. The molecule has 0 fully saturated rings. The van der Waals surface area contributed by atoms with Crippen molar-refractivity contribution in [2.24, 2.45) is 5.41 Å². The van der Waals surface area contributed by atoms with E-state index in [1.165, 1.54) is 5.56 Å². The molecule has 0 saturated heterocycles. The lowest BCUT2D eigenvalue weighted by molar-refractivity contribution is 0.0985. The van der Waals surface area contributed by atoms with E-state index in [0.29, 0.717) is 12.3 Å². The van der Waals surface area contributed by atoms with Crippen molar-refractivity contribution >= 4 is 5.78 Å². The standard InChI is InChI=1S/C15H20O2.CH4/c1-15(2,3)9-10-7-14(16)12-6-5-11(17-4)8-13(10)12;/h5-6,8,10H,7,9H2,1-4H3;1H4. The molecule has 2 rings (SSSR count). The maximum absolute atomic E-state index is 11.9. The summed E-state index contributed by atoms with van der Waals surface area (Å²) in [5.41, 5.74) is 2.31. The first-order chi connectivity index (χ1) is 7.90. The van der Waals surface area contributed by atoms with Gasteiger partial charge in [0.25, 0.3) is 0 Å². The molecule has 1 aliphatic carbocycles. The molecule has 1 unspecified atom stereocenters. The molecule has 1 aromatic rings. The van der Waals surface area contributed by atoms with Gasteiger partial charge in [-0.2, -0.15) is 0 Å². The highest BCUT2D eigenvalue weighted by atomic mass is 16.5. The van der Waals surface area contributed by atoms with Gasteiger partial charge in [-0.05, 0) is 41.5 Å². The lowest BCUT2D eigenvalue weighted by Gasteiger charge is -2.23. The summed E-state index contributed by atoms with van der Waals surface area (Å²) in [6, 6.07) is 5.80. The van der Waals surface area contributed by atoms with E-state index in [1.807, 2.05) is 18.2 Å². The van der Waals surface area contributed by atoms with Gasteiger partial charge in [0.15, 0.2) is 5.78 Å². The predicted octanol–water partition coefficient (Wildman–Crippen LogP) is 4.44. The monoisotopic (exact) mass is 248 g/mol. The van der Waals surface area contributed by atoms with Crippen molar-refractivity contribution in [2.45, 2.75) is 47.0 Å². The minimum atomic E-state index is 0. The van der Waals surface area contributed by atoms with Crippen molar-refractivity contribution in [1.82, 2.24) is 0 Å². The molecule has 0 amide bonds. The summed E-state index contributed by atoms with van der Waals surface area (Å²) in [6.07, 6.45) is 1.69. The minimum Gasteiger partial charge on any atom is -0.497 e. The van der Waals surface area contributed by atoms with Crippen molar-refractivity contribution in [1.29, 1.82) is 0 Å². The average Bonchev–Trinajstić information content (AvgIpc) is 2.53. The maximum atomic E-state index is 11.9. The highest BCUT2D eigenvalue weighted by Crippen LogP contribution is 2.41. The molecule has 1 aliphatic rings. The Labute approximate surface area is 110 Å². The number of carbonyl (C=O) groups excluding carboxylic acids is 1. The van der Waals surface area contributed by atoms with Gasteiger partial charge in [0.05, 0.1) is 7.11 Å². The van der Waals surface area contributed by atoms with E-state index >= 15 is 0 Å². The molecule has 0 heterocycles. The van der Waals surface area contributed by atoms with Crippen molar-refractivity contribution in [3.05, 3.63) is 29.3 Å². The first kappa shape index (κ1) is 14.7. The fourth-order valence-corrected chi connectivity index (χ4v) is 2.62. The molecule has 2 heteroatoms. The van der Waals surface area contributed by atoms with E-state index in [0.717, 1.165) is 17.7 Å². The Hall–Kier alpha value is -1.31. The van der Waals surface area contributed by atoms with E-state index in [2.05, 4.69) is 20.8 Å². The zero-order chi connectivity index (χ0) is 12.6. The highest BCUT2D eigenvalue weighted by molar-refractivity contribution is 6.01. The molecule has 0 aliphatic heterocycles. The van der Waals surface area contributed by atoms with Crippen LogP contribution in [-0.2, 0) is 0 Å². The maximum Gasteiger partial charge on any atom is 0.163 e. The number of Topliss-reactive ketones (excluding diaryl/α,β-unsaturated/α-hetero) is 1. The smallest absolute Gasteiger partial charge is 0.163 e. The van der Waals surface area contributed by atoms with Crippen molar-refractivity contribution in [3.8, 4) is 5.75 Å². The summed E-state index contributed by atoms with van der Waals surface area (Å²) < 4.78 is 5.24. The van der Waals surface area contributed by atoms with Crippen molar-refractivity contribution in [3.63, 3.8) is 0 Å². The first-order valence-corrected chi connectivity index (χ1v) is 6.12. The van der Waals surface area contributed by atoms with Gasteiger partial charge in [0.2, 0.25) is 0 Å². The Bertz CT molecular complexity index is 441. The van der Waals surface area contributed by atoms with E-state index in [1.54, 1.807) is 7.11 Å². The summed E-state index contributed by atoms with van der Waals surface area (Å²) in [7, 11) is 1.66. The molecular formula is C16H24O2. The van der Waals surface area contributed by atoms with Crippen molar-refractivity contribution < 1.29 is 9.53 Å².